The number of rotatable bonds is 4. The first kappa shape index (κ1) is 12.0. The Morgan fingerprint density at radius 3 is 2.83 bits per heavy atom. The third kappa shape index (κ3) is 2.51. The fourth-order valence-corrected chi connectivity index (χ4v) is 3.87. The molecule has 0 radical (unpaired) electrons. The Balaban J connectivity index is 1.52. The molecule has 0 amide bonds. The second-order valence-corrected chi connectivity index (χ2v) is 6.21. The van der Waals surface area contributed by atoms with Gasteiger partial charge in [-0.3, -0.25) is 4.98 Å². The molecule has 3 nitrogen and oxygen atoms in total. The van der Waals surface area contributed by atoms with Crippen molar-refractivity contribution in [2.75, 3.05) is 19.3 Å². The van der Waals surface area contributed by atoms with Crippen molar-refractivity contribution in [3.8, 4) is 0 Å². The minimum atomic E-state index is 0.745. The van der Waals surface area contributed by atoms with Crippen LogP contribution in [0.4, 0.5) is 5.69 Å². The van der Waals surface area contributed by atoms with Crippen LogP contribution in [-0.2, 0) is 6.54 Å². The van der Waals surface area contributed by atoms with Crippen LogP contribution in [0.3, 0.4) is 0 Å². The maximum atomic E-state index is 5.65. The zero-order chi connectivity index (χ0) is 12.5. The zero-order valence-corrected chi connectivity index (χ0v) is 11.2. The highest BCUT2D eigenvalue weighted by Crippen LogP contribution is 2.48. The first-order valence-electron chi connectivity index (χ1n) is 7.09. The number of nitrogen functional groups attached to an aromatic ring is 1. The summed E-state index contributed by atoms with van der Waals surface area (Å²) in [6.45, 7) is 2.17. The van der Waals surface area contributed by atoms with Crippen LogP contribution in [0.2, 0.25) is 0 Å². The van der Waals surface area contributed by atoms with Crippen molar-refractivity contribution in [3.63, 3.8) is 0 Å². The largest absolute Gasteiger partial charge is 0.397 e. The lowest BCUT2D eigenvalue weighted by molar-refractivity contribution is 0.213. The number of nitrogens with two attached hydrogens (primary N) is 1. The highest BCUT2D eigenvalue weighted by atomic mass is 15.1. The summed E-state index contributed by atoms with van der Waals surface area (Å²) in [5.41, 5.74) is 7.52. The van der Waals surface area contributed by atoms with Gasteiger partial charge in [0.25, 0.3) is 0 Å². The van der Waals surface area contributed by atoms with Crippen LogP contribution in [0.25, 0.3) is 0 Å². The summed E-state index contributed by atoms with van der Waals surface area (Å²) >= 11 is 0. The van der Waals surface area contributed by atoms with Gasteiger partial charge in [0.05, 0.1) is 17.6 Å². The van der Waals surface area contributed by atoms with Crippen LogP contribution < -0.4 is 5.73 Å². The van der Waals surface area contributed by atoms with Crippen molar-refractivity contribution < 1.29 is 0 Å². The quantitative estimate of drug-likeness (QED) is 0.886. The van der Waals surface area contributed by atoms with E-state index in [1.54, 1.807) is 6.20 Å². The average molecular weight is 245 g/mol. The van der Waals surface area contributed by atoms with Gasteiger partial charge in [0.2, 0.25) is 0 Å². The van der Waals surface area contributed by atoms with E-state index in [2.05, 4.69) is 16.9 Å². The number of anilines is 1. The second-order valence-electron chi connectivity index (χ2n) is 6.21. The van der Waals surface area contributed by atoms with Crippen molar-refractivity contribution in [2.24, 2.45) is 17.8 Å². The first-order valence-corrected chi connectivity index (χ1v) is 7.09. The third-order valence-corrected chi connectivity index (χ3v) is 4.71. The van der Waals surface area contributed by atoms with Gasteiger partial charge in [0, 0.05) is 13.1 Å². The SMILES string of the molecule is CN(Cc1ccc(N)cn1)CC1CC2CCC1C2. The molecule has 3 heteroatoms. The zero-order valence-electron chi connectivity index (χ0n) is 11.2. The number of hydrogen-bond acceptors (Lipinski definition) is 3. The van der Waals surface area contributed by atoms with Crippen LogP contribution in [0.15, 0.2) is 18.3 Å². The Hall–Kier alpha value is -1.09. The molecule has 2 aliphatic rings. The molecule has 3 unspecified atom stereocenters. The lowest BCUT2D eigenvalue weighted by atomic mass is 9.88. The third-order valence-electron chi connectivity index (χ3n) is 4.71. The van der Waals surface area contributed by atoms with E-state index in [1.807, 2.05) is 12.1 Å². The van der Waals surface area contributed by atoms with Crippen molar-refractivity contribution >= 4 is 5.69 Å². The molecule has 0 aromatic carbocycles. The number of pyridine rings is 1. The smallest absolute Gasteiger partial charge is 0.0545 e. The van der Waals surface area contributed by atoms with Crippen molar-refractivity contribution in [3.05, 3.63) is 24.0 Å². The maximum Gasteiger partial charge on any atom is 0.0545 e. The van der Waals surface area contributed by atoms with Crippen LogP contribution >= 0.6 is 0 Å². The van der Waals surface area contributed by atoms with Gasteiger partial charge >= 0.3 is 0 Å². The summed E-state index contributed by atoms with van der Waals surface area (Å²) in [4.78, 5) is 6.79. The van der Waals surface area contributed by atoms with Gasteiger partial charge in [0.15, 0.2) is 0 Å². The Morgan fingerprint density at radius 2 is 2.22 bits per heavy atom. The van der Waals surface area contributed by atoms with Gasteiger partial charge in [-0.15, -0.1) is 0 Å². The summed E-state index contributed by atoms with van der Waals surface area (Å²) in [6.07, 6.45) is 7.68. The standard InChI is InChI=1S/C15H23N3/c1-18(10-15-5-4-14(16)8-17-15)9-13-7-11-2-3-12(13)6-11/h4-5,8,11-13H,2-3,6-7,9-10,16H2,1H3. The van der Waals surface area contributed by atoms with E-state index in [9.17, 15) is 0 Å². The molecule has 2 saturated carbocycles. The highest BCUT2D eigenvalue weighted by molar-refractivity contribution is 5.34. The van der Waals surface area contributed by atoms with E-state index in [4.69, 9.17) is 5.73 Å². The van der Waals surface area contributed by atoms with E-state index in [0.717, 1.165) is 35.7 Å². The van der Waals surface area contributed by atoms with Crippen LogP contribution in [0, 0.1) is 17.8 Å². The van der Waals surface area contributed by atoms with E-state index in [1.165, 1.54) is 32.2 Å². The molecule has 2 bridgehead atoms. The number of fused-ring (bicyclic) bond motifs is 2. The molecule has 2 N–H and O–H groups in total. The average Bonchev–Trinajstić information content (AvgIpc) is 2.94. The summed E-state index contributed by atoms with van der Waals surface area (Å²) in [5, 5.41) is 0. The van der Waals surface area contributed by atoms with Crippen molar-refractivity contribution in [1.82, 2.24) is 9.88 Å². The fraction of sp³-hybridized carbons (Fsp3) is 0.667. The molecule has 3 rings (SSSR count). The maximum absolute atomic E-state index is 5.65. The second kappa shape index (κ2) is 4.88. The predicted octanol–water partition coefficient (Wildman–Crippen LogP) is 2.53. The van der Waals surface area contributed by atoms with Gasteiger partial charge in [-0.2, -0.15) is 0 Å². The van der Waals surface area contributed by atoms with E-state index in [-0.39, 0.29) is 0 Å². The summed E-state index contributed by atoms with van der Waals surface area (Å²) in [6, 6.07) is 3.97. The lowest BCUT2D eigenvalue weighted by Gasteiger charge is -2.27. The van der Waals surface area contributed by atoms with Crippen molar-refractivity contribution in [2.45, 2.75) is 32.2 Å². The van der Waals surface area contributed by atoms with E-state index in [0.29, 0.717) is 0 Å². The Morgan fingerprint density at radius 1 is 1.33 bits per heavy atom. The van der Waals surface area contributed by atoms with Crippen LogP contribution in [0.5, 0.6) is 0 Å². The fourth-order valence-electron chi connectivity index (χ4n) is 3.87. The van der Waals surface area contributed by atoms with Gasteiger partial charge in [0.1, 0.15) is 0 Å². The minimum absolute atomic E-state index is 0.745. The minimum Gasteiger partial charge on any atom is -0.397 e. The molecule has 0 spiro atoms. The predicted molar refractivity (Wildman–Crippen MR) is 73.9 cm³/mol. The molecular formula is C15H23N3. The Bertz CT molecular complexity index is 401. The summed E-state index contributed by atoms with van der Waals surface area (Å²) in [7, 11) is 2.21. The molecule has 0 aliphatic heterocycles. The number of hydrogen-bond donors (Lipinski definition) is 1. The molecule has 1 aromatic rings. The van der Waals surface area contributed by atoms with Crippen LogP contribution in [-0.4, -0.2) is 23.5 Å². The molecule has 3 atom stereocenters. The molecule has 98 valence electrons. The molecule has 2 fully saturated rings. The number of nitrogens with zero attached hydrogens (tertiary/aromatic N) is 2. The van der Waals surface area contributed by atoms with E-state index >= 15 is 0 Å². The van der Waals surface area contributed by atoms with Crippen molar-refractivity contribution in [1.29, 1.82) is 0 Å². The normalized spacial score (nSPS) is 30.2. The lowest BCUT2D eigenvalue weighted by Crippen LogP contribution is -2.28. The molecule has 1 aromatic heterocycles. The van der Waals surface area contributed by atoms with Gasteiger partial charge in [-0.25, -0.2) is 0 Å². The number of aromatic nitrogens is 1. The van der Waals surface area contributed by atoms with Crippen LogP contribution in [0.1, 0.15) is 31.4 Å². The summed E-state index contributed by atoms with van der Waals surface area (Å²) < 4.78 is 0. The molecule has 2 aliphatic carbocycles. The molecule has 1 heterocycles. The monoisotopic (exact) mass is 245 g/mol. The molecule has 18 heavy (non-hydrogen) atoms. The topological polar surface area (TPSA) is 42.1 Å². The summed E-state index contributed by atoms with van der Waals surface area (Å²) in [5.74, 6) is 2.99. The van der Waals surface area contributed by atoms with Gasteiger partial charge in [-0.05, 0) is 56.2 Å². The molecule has 0 saturated heterocycles. The van der Waals surface area contributed by atoms with E-state index < -0.39 is 0 Å². The molecular weight excluding hydrogens is 222 g/mol. The Labute approximate surface area is 109 Å². The first-order chi connectivity index (χ1) is 8.70. The highest BCUT2D eigenvalue weighted by Gasteiger charge is 2.39. The Kier molecular flexibility index (Phi) is 3.25. The van der Waals surface area contributed by atoms with Gasteiger partial charge in [-0.1, -0.05) is 6.42 Å². The van der Waals surface area contributed by atoms with Gasteiger partial charge < -0.3 is 10.6 Å².